The second kappa shape index (κ2) is 10.0. The lowest BCUT2D eigenvalue weighted by atomic mass is 9.88. The summed E-state index contributed by atoms with van der Waals surface area (Å²) in [5.41, 5.74) is 7.73. The van der Waals surface area contributed by atoms with Crippen molar-refractivity contribution in [1.29, 1.82) is 0 Å². The van der Waals surface area contributed by atoms with Gasteiger partial charge in [0, 0.05) is 39.8 Å². The van der Waals surface area contributed by atoms with Crippen LogP contribution in [0.4, 0.5) is 10.1 Å². The first-order chi connectivity index (χ1) is 19.6. The molecule has 0 bridgehead atoms. The fraction of sp³-hybridized carbons (Fsp3) is 0.188. The number of halogens is 1. The summed E-state index contributed by atoms with van der Waals surface area (Å²) >= 11 is 0. The molecule has 1 aliphatic carbocycles. The van der Waals surface area contributed by atoms with Crippen LogP contribution in [0.5, 0.6) is 0 Å². The number of nitrogens with zero attached hydrogens (tertiary/aromatic N) is 3. The van der Waals surface area contributed by atoms with Crippen molar-refractivity contribution in [1.82, 2.24) is 25.1 Å². The monoisotopic (exact) mass is 530 g/mol. The number of pyridine rings is 2. The Balaban J connectivity index is 1.23. The van der Waals surface area contributed by atoms with Gasteiger partial charge in [0.15, 0.2) is 0 Å². The first kappa shape index (κ1) is 24.2. The highest BCUT2D eigenvalue weighted by atomic mass is 19.1. The Bertz CT molecular complexity index is 1870. The molecule has 2 aromatic carbocycles. The van der Waals surface area contributed by atoms with Crippen LogP contribution in [-0.2, 0) is 4.79 Å². The van der Waals surface area contributed by atoms with Crippen molar-refractivity contribution in [3.05, 3.63) is 84.8 Å². The first-order valence-electron chi connectivity index (χ1n) is 13.6. The van der Waals surface area contributed by atoms with E-state index in [2.05, 4.69) is 25.5 Å². The highest BCUT2D eigenvalue weighted by molar-refractivity contribution is 5.99. The van der Waals surface area contributed by atoms with E-state index in [9.17, 15) is 9.18 Å². The molecule has 6 aromatic rings. The van der Waals surface area contributed by atoms with Gasteiger partial charge in [0.25, 0.3) is 0 Å². The molecule has 0 radical (unpaired) electrons. The van der Waals surface area contributed by atoms with Crippen molar-refractivity contribution in [2.75, 3.05) is 5.32 Å². The molecule has 0 saturated heterocycles. The fourth-order valence-corrected chi connectivity index (χ4v) is 5.66. The van der Waals surface area contributed by atoms with Gasteiger partial charge < -0.3 is 10.3 Å². The van der Waals surface area contributed by atoms with Crippen LogP contribution in [0.1, 0.15) is 32.1 Å². The van der Waals surface area contributed by atoms with Gasteiger partial charge in [-0.3, -0.25) is 14.9 Å². The number of benzene rings is 2. The van der Waals surface area contributed by atoms with Crippen molar-refractivity contribution in [2.24, 2.45) is 5.92 Å². The van der Waals surface area contributed by atoms with E-state index in [0.717, 1.165) is 70.3 Å². The van der Waals surface area contributed by atoms with E-state index in [1.54, 1.807) is 12.3 Å². The van der Waals surface area contributed by atoms with E-state index in [1.165, 1.54) is 18.6 Å². The maximum Gasteiger partial charge on any atom is 0.227 e. The van der Waals surface area contributed by atoms with E-state index in [1.807, 2.05) is 54.6 Å². The largest absolute Gasteiger partial charge is 0.353 e. The first-order valence-corrected chi connectivity index (χ1v) is 13.6. The Hall–Kier alpha value is -4.85. The molecule has 0 spiro atoms. The Morgan fingerprint density at radius 2 is 1.73 bits per heavy atom. The number of carbonyl (C=O) groups is 1. The van der Waals surface area contributed by atoms with Crippen LogP contribution < -0.4 is 5.32 Å². The number of hydrogen-bond acceptors (Lipinski definition) is 4. The van der Waals surface area contributed by atoms with Gasteiger partial charge in [0.05, 0.1) is 22.6 Å². The van der Waals surface area contributed by atoms with Crippen LogP contribution in [0.25, 0.3) is 55.8 Å². The van der Waals surface area contributed by atoms with Gasteiger partial charge in [-0.2, -0.15) is 5.10 Å². The SMILES string of the molecule is O=C(Nc1cccc(-c2ccc3[nH]nc(-c4cc5c(-c6cccc(F)c6)nccc5[nH]4)c3n2)c1)C1CCCCC1. The average molecular weight is 531 g/mol. The van der Waals surface area contributed by atoms with E-state index < -0.39 is 0 Å². The third kappa shape index (κ3) is 4.51. The molecule has 1 saturated carbocycles. The van der Waals surface area contributed by atoms with Gasteiger partial charge in [0.1, 0.15) is 17.0 Å². The lowest BCUT2D eigenvalue weighted by Crippen LogP contribution is -2.24. The molecule has 1 amide bonds. The molecule has 3 N–H and O–H groups in total. The summed E-state index contributed by atoms with van der Waals surface area (Å²) in [6.45, 7) is 0. The third-order valence-electron chi connectivity index (χ3n) is 7.71. The van der Waals surface area contributed by atoms with Crippen LogP contribution in [-0.4, -0.2) is 31.1 Å². The Morgan fingerprint density at radius 1 is 0.875 bits per heavy atom. The summed E-state index contributed by atoms with van der Waals surface area (Å²) in [4.78, 5) is 25.7. The highest BCUT2D eigenvalue weighted by Gasteiger charge is 2.21. The van der Waals surface area contributed by atoms with Crippen molar-refractivity contribution in [2.45, 2.75) is 32.1 Å². The average Bonchev–Trinajstić information content (AvgIpc) is 3.61. The quantitative estimate of drug-likeness (QED) is 0.215. The topological polar surface area (TPSA) is 99.4 Å². The van der Waals surface area contributed by atoms with Crippen LogP contribution in [0.2, 0.25) is 0 Å². The van der Waals surface area contributed by atoms with E-state index in [0.29, 0.717) is 17.0 Å². The molecule has 40 heavy (non-hydrogen) atoms. The molecule has 7 rings (SSSR count). The predicted octanol–water partition coefficient (Wildman–Crippen LogP) is 7.49. The van der Waals surface area contributed by atoms with E-state index in [4.69, 9.17) is 4.98 Å². The van der Waals surface area contributed by atoms with Crippen molar-refractivity contribution in [3.63, 3.8) is 0 Å². The molecule has 7 nitrogen and oxygen atoms in total. The second-order valence-corrected chi connectivity index (χ2v) is 10.4. The number of carbonyl (C=O) groups excluding carboxylic acids is 1. The number of hydrogen-bond donors (Lipinski definition) is 3. The number of rotatable bonds is 5. The van der Waals surface area contributed by atoms with Crippen LogP contribution in [0, 0.1) is 11.7 Å². The molecule has 1 fully saturated rings. The maximum absolute atomic E-state index is 13.9. The number of anilines is 1. The molecule has 4 heterocycles. The number of aromatic nitrogens is 5. The number of aromatic amines is 2. The van der Waals surface area contributed by atoms with Gasteiger partial charge in [-0.05, 0) is 61.4 Å². The summed E-state index contributed by atoms with van der Waals surface area (Å²) in [7, 11) is 0. The number of nitrogens with one attached hydrogen (secondary N) is 3. The van der Waals surface area contributed by atoms with Gasteiger partial charge in [-0.25, -0.2) is 9.37 Å². The lowest BCUT2D eigenvalue weighted by Gasteiger charge is -2.20. The minimum absolute atomic E-state index is 0.0910. The van der Waals surface area contributed by atoms with Crippen LogP contribution in [0.15, 0.2) is 79.0 Å². The van der Waals surface area contributed by atoms with E-state index >= 15 is 0 Å². The molecule has 0 unspecified atom stereocenters. The van der Waals surface area contributed by atoms with Crippen molar-refractivity contribution in [3.8, 4) is 33.9 Å². The molecular weight excluding hydrogens is 503 g/mol. The van der Waals surface area contributed by atoms with Gasteiger partial charge >= 0.3 is 0 Å². The highest BCUT2D eigenvalue weighted by Crippen LogP contribution is 2.34. The van der Waals surface area contributed by atoms with E-state index in [-0.39, 0.29) is 17.6 Å². The molecule has 198 valence electrons. The number of H-pyrrole nitrogens is 2. The third-order valence-corrected chi connectivity index (χ3v) is 7.71. The Labute approximate surface area is 229 Å². The second-order valence-electron chi connectivity index (χ2n) is 10.4. The minimum Gasteiger partial charge on any atom is -0.353 e. The molecule has 4 aromatic heterocycles. The Kier molecular flexibility index (Phi) is 6.07. The number of fused-ring (bicyclic) bond motifs is 2. The zero-order chi connectivity index (χ0) is 27.1. The molecule has 0 atom stereocenters. The van der Waals surface area contributed by atoms with Crippen molar-refractivity contribution >= 4 is 33.5 Å². The smallest absolute Gasteiger partial charge is 0.227 e. The molecular formula is C32H27FN6O. The van der Waals surface area contributed by atoms with Gasteiger partial charge in [-0.15, -0.1) is 0 Å². The van der Waals surface area contributed by atoms with Crippen LogP contribution >= 0.6 is 0 Å². The summed E-state index contributed by atoms with van der Waals surface area (Å²) < 4.78 is 13.9. The summed E-state index contributed by atoms with van der Waals surface area (Å²) in [6.07, 6.45) is 7.08. The maximum atomic E-state index is 13.9. The summed E-state index contributed by atoms with van der Waals surface area (Å²) in [5, 5.41) is 11.6. The van der Waals surface area contributed by atoms with Crippen molar-refractivity contribution < 1.29 is 9.18 Å². The zero-order valence-corrected chi connectivity index (χ0v) is 21.7. The summed E-state index contributed by atoms with van der Waals surface area (Å²) in [5.74, 6) is -0.115. The standard InChI is InChI=1S/C32H27FN6O/c33-22-10-4-9-21(16-22)29-24-18-28(36-26(24)14-15-34-29)31-30-27(38-39-31)13-12-25(37-30)20-8-5-11-23(17-20)35-32(40)19-6-2-1-3-7-19/h4-5,8-19,36H,1-3,6-7H2,(H,35,40)(H,38,39). The fourth-order valence-electron chi connectivity index (χ4n) is 5.66. The number of amides is 1. The molecule has 1 aliphatic rings. The normalized spacial score (nSPS) is 14.1. The van der Waals surface area contributed by atoms with Gasteiger partial charge in [0.2, 0.25) is 5.91 Å². The lowest BCUT2D eigenvalue weighted by molar-refractivity contribution is -0.120. The molecule has 0 aliphatic heterocycles. The van der Waals surface area contributed by atoms with Gasteiger partial charge in [-0.1, -0.05) is 43.5 Å². The molecule has 8 heteroatoms. The Morgan fingerprint density at radius 3 is 2.60 bits per heavy atom. The summed E-state index contributed by atoms with van der Waals surface area (Å²) in [6, 6.07) is 22.0. The van der Waals surface area contributed by atoms with Crippen LogP contribution in [0.3, 0.4) is 0 Å². The predicted molar refractivity (Wildman–Crippen MR) is 155 cm³/mol. The minimum atomic E-state index is -0.306. The zero-order valence-electron chi connectivity index (χ0n) is 21.7.